The number of carbonyl (C=O) groups excluding carboxylic acids is 1. The van der Waals surface area contributed by atoms with E-state index in [0.29, 0.717) is 18.4 Å². The lowest BCUT2D eigenvalue weighted by molar-refractivity contribution is -0.135. The second-order valence-electron chi connectivity index (χ2n) is 5.71. The molecule has 100 valence electrons. The summed E-state index contributed by atoms with van der Waals surface area (Å²) in [5.74, 6) is 1.58. The van der Waals surface area contributed by atoms with E-state index in [1.807, 2.05) is 36.2 Å². The SMILES string of the molecule is CN(Cc1cccc(Cl)c1)C(=O)[C@@H]1C[C@H]2C=C[C@H]1C2. The van der Waals surface area contributed by atoms with Gasteiger partial charge in [0.15, 0.2) is 0 Å². The molecule has 19 heavy (non-hydrogen) atoms. The first-order valence-corrected chi connectivity index (χ1v) is 7.19. The maximum Gasteiger partial charge on any atom is 0.226 e. The van der Waals surface area contributed by atoms with Crippen molar-refractivity contribution in [2.45, 2.75) is 19.4 Å². The third-order valence-corrected chi connectivity index (χ3v) is 4.52. The van der Waals surface area contributed by atoms with Crippen molar-refractivity contribution in [2.24, 2.45) is 17.8 Å². The molecule has 0 aromatic heterocycles. The van der Waals surface area contributed by atoms with E-state index in [1.165, 1.54) is 6.42 Å². The van der Waals surface area contributed by atoms with Gasteiger partial charge >= 0.3 is 0 Å². The molecule has 2 aliphatic carbocycles. The molecule has 1 saturated carbocycles. The molecule has 3 atom stereocenters. The first kappa shape index (κ1) is 12.7. The van der Waals surface area contributed by atoms with E-state index in [4.69, 9.17) is 11.6 Å². The van der Waals surface area contributed by atoms with Gasteiger partial charge in [-0.3, -0.25) is 4.79 Å². The van der Waals surface area contributed by atoms with E-state index < -0.39 is 0 Å². The second kappa shape index (κ2) is 5.01. The second-order valence-corrected chi connectivity index (χ2v) is 6.15. The largest absolute Gasteiger partial charge is 0.341 e. The van der Waals surface area contributed by atoms with Crippen LogP contribution >= 0.6 is 11.6 Å². The van der Waals surface area contributed by atoms with Gasteiger partial charge in [-0.25, -0.2) is 0 Å². The van der Waals surface area contributed by atoms with Gasteiger partial charge in [0.2, 0.25) is 5.91 Å². The highest BCUT2D eigenvalue weighted by atomic mass is 35.5. The lowest BCUT2D eigenvalue weighted by Crippen LogP contribution is -2.34. The van der Waals surface area contributed by atoms with Gasteiger partial charge in [0.05, 0.1) is 0 Å². The predicted octanol–water partition coefficient (Wildman–Crippen LogP) is 3.51. The standard InChI is InChI=1S/C16H18ClNO/c1-18(10-12-3-2-4-14(17)8-12)16(19)15-9-11-5-6-13(15)7-11/h2-6,8,11,13,15H,7,9-10H2,1H3/t11-,13-,15+/m0/s1. The molecule has 3 rings (SSSR count). The average molecular weight is 276 g/mol. The first-order chi connectivity index (χ1) is 9.13. The lowest BCUT2D eigenvalue weighted by atomic mass is 9.92. The Morgan fingerprint density at radius 3 is 2.84 bits per heavy atom. The number of nitrogens with zero attached hydrogens (tertiary/aromatic N) is 1. The molecular weight excluding hydrogens is 258 g/mol. The third-order valence-electron chi connectivity index (χ3n) is 4.28. The van der Waals surface area contributed by atoms with E-state index >= 15 is 0 Å². The minimum atomic E-state index is 0.194. The zero-order valence-electron chi connectivity index (χ0n) is 11.1. The number of halogens is 1. The highest BCUT2D eigenvalue weighted by Gasteiger charge is 2.40. The number of hydrogen-bond donors (Lipinski definition) is 0. The summed E-state index contributed by atoms with van der Waals surface area (Å²) in [5.41, 5.74) is 1.09. The third kappa shape index (κ3) is 2.55. The smallest absolute Gasteiger partial charge is 0.226 e. The van der Waals surface area contributed by atoms with Gasteiger partial charge in [0.25, 0.3) is 0 Å². The van der Waals surface area contributed by atoms with Crippen LogP contribution in [0.3, 0.4) is 0 Å². The molecule has 1 amide bonds. The number of hydrogen-bond acceptors (Lipinski definition) is 1. The normalized spacial score (nSPS) is 27.8. The number of benzene rings is 1. The maximum atomic E-state index is 12.5. The van der Waals surface area contributed by atoms with Gasteiger partial charge in [-0.2, -0.15) is 0 Å². The van der Waals surface area contributed by atoms with Crippen LogP contribution in [0, 0.1) is 17.8 Å². The molecular formula is C16H18ClNO. The topological polar surface area (TPSA) is 20.3 Å². The quantitative estimate of drug-likeness (QED) is 0.773. The van der Waals surface area contributed by atoms with Gasteiger partial charge in [-0.05, 0) is 42.4 Å². The van der Waals surface area contributed by atoms with Crippen LogP contribution in [0.5, 0.6) is 0 Å². The van der Waals surface area contributed by atoms with Crippen LogP contribution < -0.4 is 0 Å². The van der Waals surface area contributed by atoms with Crippen molar-refractivity contribution >= 4 is 17.5 Å². The monoisotopic (exact) mass is 275 g/mol. The fourth-order valence-electron chi connectivity index (χ4n) is 3.33. The Hall–Kier alpha value is -1.28. The van der Waals surface area contributed by atoms with E-state index in [0.717, 1.165) is 17.0 Å². The minimum Gasteiger partial charge on any atom is -0.341 e. The van der Waals surface area contributed by atoms with Crippen LogP contribution in [0.1, 0.15) is 18.4 Å². The molecule has 0 saturated heterocycles. The average Bonchev–Trinajstić information content (AvgIpc) is 3.00. The molecule has 1 fully saturated rings. The van der Waals surface area contributed by atoms with Crippen LogP contribution in [0.2, 0.25) is 5.02 Å². The van der Waals surface area contributed by atoms with Crippen molar-refractivity contribution in [1.82, 2.24) is 4.90 Å². The van der Waals surface area contributed by atoms with Gasteiger partial charge < -0.3 is 4.90 Å². The Morgan fingerprint density at radius 2 is 2.21 bits per heavy atom. The Bertz CT molecular complexity index is 525. The van der Waals surface area contributed by atoms with Gasteiger partial charge in [0, 0.05) is 24.5 Å². The van der Waals surface area contributed by atoms with E-state index in [2.05, 4.69) is 12.2 Å². The van der Waals surface area contributed by atoms with E-state index in [-0.39, 0.29) is 11.8 Å². The summed E-state index contributed by atoms with van der Waals surface area (Å²) in [4.78, 5) is 14.3. The highest BCUT2D eigenvalue weighted by molar-refractivity contribution is 6.30. The number of carbonyl (C=O) groups is 1. The molecule has 3 heteroatoms. The number of amides is 1. The molecule has 2 nitrogen and oxygen atoms in total. The van der Waals surface area contributed by atoms with Crippen molar-refractivity contribution < 1.29 is 4.79 Å². The van der Waals surface area contributed by atoms with Crippen molar-refractivity contribution in [1.29, 1.82) is 0 Å². The molecule has 0 unspecified atom stereocenters. The van der Waals surface area contributed by atoms with Crippen LogP contribution in [0.25, 0.3) is 0 Å². The maximum absolute atomic E-state index is 12.5. The van der Waals surface area contributed by atoms with Crippen LogP contribution in [-0.4, -0.2) is 17.9 Å². The molecule has 0 heterocycles. The number of fused-ring (bicyclic) bond motifs is 2. The number of allylic oxidation sites excluding steroid dienone is 2. The molecule has 2 bridgehead atoms. The molecule has 0 spiro atoms. The summed E-state index contributed by atoms with van der Waals surface area (Å²) in [6.07, 6.45) is 6.69. The predicted molar refractivity (Wildman–Crippen MR) is 76.8 cm³/mol. The molecule has 0 aliphatic heterocycles. The fourth-order valence-corrected chi connectivity index (χ4v) is 3.55. The first-order valence-electron chi connectivity index (χ1n) is 6.81. The van der Waals surface area contributed by atoms with E-state index in [1.54, 1.807) is 0 Å². The Labute approximate surface area is 119 Å². The Morgan fingerprint density at radius 1 is 1.37 bits per heavy atom. The summed E-state index contributed by atoms with van der Waals surface area (Å²) in [5, 5.41) is 0.723. The summed E-state index contributed by atoms with van der Waals surface area (Å²) in [6, 6.07) is 7.71. The van der Waals surface area contributed by atoms with Gasteiger partial charge in [-0.1, -0.05) is 35.9 Å². The molecule has 2 aliphatic rings. The zero-order chi connectivity index (χ0) is 13.4. The fraction of sp³-hybridized carbons (Fsp3) is 0.438. The molecule has 0 radical (unpaired) electrons. The van der Waals surface area contributed by atoms with E-state index in [9.17, 15) is 4.79 Å². The summed E-state index contributed by atoms with van der Waals surface area (Å²) in [7, 11) is 1.89. The summed E-state index contributed by atoms with van der Waals surface area (Å²) < 4.78 is 0. The minimum absolute atomic E-state index is 0.194. The van der Waals surface area contributed by atoms with Crippen LogP contribution in [0.4, 0.5) is 0 Å². The highest BCUT2D eigenvalue weighted by Crippen LogP contribution is 2.44. The zero-order valence-corrected chi connectivity index (χ0v) is 11.8. The molecule has 1 aromatic carbocycles. The van der Waals surface area contributed by atoms with Crippen molar-refractivity contribution in [3.05, 3.63) is 47.0 Å². The van der Waals surface area contributed by atoms with Crippen LogP contribution in [0.15, 0.2) is 36.4 Å². The Kier molecular flexibility index (Phi) is 3.36. The van der Waals surface area contributed by atoms with Gasteiger partial charge in [-0.15, -0.1) is 0 Å². The summed E-state index contributed by atoms with van der Waals surface area (Å²) in [6.45, 7) is 0.636. The van der Waals surface area contributed by atoms with Crippen molar-refractivity contribution in [3.63, 3.8) is 0 Å². The van der Waals surface area contributed by atoms with Crippen molar-refractivity contribution in [2.75, 3.05) is 7.05 Å². The summed E-state index contributed by atoms with van der Waals surface area (Å²) >= 11 is 5.97. The van der Waals surface area contributed by atoms with Crippen LogP contribution in [-0.2, 0) is 11.3 Å². The number of rotatable bonds is 3. The Balaban J connectivity index is 1.66. The lowest BCUT2D eigenvalue weighted by Gasteiger charge is -2.25. The molecule has 1 aromatic rings. The molecule has 0 N–H and O–H groups in total. The van der Waals surface area contributed by atoms with Crippen molar-refractivity contribution in [3.8, 4) is 0 Å². The van der Waals surface area contributed by atoms with Gasteiger partial charge in [0.1, 0.15) is 0 Å².